The van der Waals surface area contributed by atoms with Gasteiger partial charge in [-0.15, -0.1) is 0 Å². The lowest BCUT2D eigenvalue weighted by atomic mass is 10.1. The van der Waals surface area contributed by atoms with Crippen LogP contribution in [0.2, 0.25) is 0 Å². The second kappa shape index (κ2) is 3.01. The van der Waals surface area contributed by atoms with Crippen LogP contribution >= 0.6 is 0 Å². The Bertz CT molecular complexity index is 299. The molecule has 1 aromatic rings. The molecule has 0 aliphatic rings. The Morgan fingerprint density at radius 1 is 1.58 bits per heavy atom. The SMILES string of the molecule is CC(C)c1cc(C(N)=O)n(C)c1. The molecular formula is C9H14N2O. The number of hydrogen-bond donors (Lipinski definition) is 1. The van der Waals surface area contributed by atoms with E-state index in [2.05, 4.69) is 13.8 Å². The minimum atomic E-state index is -0.371. The molecule has 12 heavy (non-hydrogen) atoms. The largest absolute Gasteiger partial charge is 0.364 e. The lowest BCUT2D eigenvalue weighted by molar-refractivity contribution is 0.0992. The number of nitrogens with zero attached hydrogens (tertiary/aromatic N) is 1. The van der Waals surface area contributed by atoms with Crippen molar-refractivity contribution in [3.05, 3.63) is 23.5 Å². The Kier molecular flexibility index (Phi) is 2.22. The fourth-order valence-electron chi connectivity index (χ4n) is 1.15. The van der Waals surface area contributed by atoms with Gasteiger partial charge in [-0.1, -0.05) is 13.8 Å². The molecule has 1 rings (SSSR count). The number of nitrogens with two attached hydrogens (primary N) is 1. The summed E-state index contributed by atoms with van der Waals surface area (Å²) in [6, 6.07) is 1.84. The van der Waals surface area contributed by atoms with Crippen LogP contribution in [0.4, 0.5) is 0 Å². The van der Waals surface area contributed by atoms with Gasteiger partial charge in [0.2, 0.25) is 0 Å². The third-order valence-electron chi connectivity index (χ3n) is 1.95. The monoisotopic (exact) mass is 166 g/mol. The minimum Gasteiger partial charge on any atom is -0.364 e. The molecule has 0 aliphatic carbocycles. The van der Waals surface area contributed by atoms with E-state index < -0.39 is 0 Å². The number of amides is 1. The number of aryl methyl sites for hydroxylation is 1. The number of rotatable bonds is 2. The van der Waals surface area contributed by atoms with Crippen LogP contribution in [0.25, 0.3) is 0 Å². The summed E-state index contributed by atoms with van der Waals surface area (Å²) in [6.07, 6.45) is 1.94. The maximum atomic E-state index is 10.9. The number of primary amides is 1. The summed E-state index contributed by atoms with van der Waals surface area (Å²) >= 11 is 0. The second-order valence-electron chi connectivity index (χ2n) is 3.29. The summed E-state index contributed by atoms with van der Waals surface area (Å²) in [4.78, 5) is 10.9. The van der Waals surface area contributed by atoms with Gasteiger partial charge in [0.1, 0.15) is 5.69 Å². The summed E-state index contributed by atoms with van der Waals surface area (Å²) in [6.45, 7) is 4.17. The average molecular weight is 166 g/mol. The highest BCUT2D eigenvalue weighted by Crippen LogP contribution is 2.16. The van der Waals surface area contributed by atoms with Crippen LogP contribution in [0.1, 0.15) is 35.8 Å². The van der Waals surface area contributed by atoms with Crippen LogP contribution in [-0.4, -0.2) is 10.5 Å². The van der Waals surface area contributed by atoms with Crippen molar-refractivity contribution in [3.8, 4) is 0 Å². The van der Waals surface area contributed by atoms with E-state index >= 15 is 0 Å². The first-order valence-corrected chi connectivity index (χ1v) is 3.98. The molecule has 1 heterocycles. The van der Waals surface area contributed by atoms with Crippen molar-refractivity contribution in [1.82, 2.24) is 4.57 Å². The van der Waals surface area contributed by atoms with Crippen molar-refractivity contribution in [2.24, 2.45) is 12.8 Å². The number of aromatic nitrogens is 1. The first-order valence-electron chi connectivity index (χ1n) is 3.98. The maximum absolute atomic E-state index is 10.9. The molecule has 0 saturated carbocycles. The van der Waals surface area contributed by atoms with Crippen LogP contribution in [0.3, 0.4) is 0 Å². The molecule has 0 unspecified atom stereocenters. The van der Waals surface area contributed by atoms with Crippen LogP contribution in [-0.2, 0) is 7.05 Å². The molecule has 0 fully saturated rings. The maximum Gasteiger partial charge on any atom is 0.265 e. The highest BCUT2D eigenvalue weighted by atomic mass is 16.1. The van der Waals surface area contributed by atoms with E-state index in [1.165, 1.54) is 0 Å². The van der Waals surface area contributed by atoms with E-state index in [0.29, 0.717) is 11.6 Å². The van der Waals surface area contributed by atoms with Gasteiger partial charge >= 0.3 is 0 Å². The number of carbonyl (C=O) groups excluding carboxylic acids is 1. The third kappa shape index (κ3) is 1.49. The smallest absolute Gasteiger partial charge is 0.265 e. The topological polar surface area (TPSA) is 48.0 Å². The highest BCUT2D eigenvalue weighted by molar-refractivity contribution is 5.91. The van der Waals surface area contributed by atoms with Crippen molar-refractivity contribution in [1.29, 1.82) is 0 Å². The molecule has 0 aliphatic heterocycles. The summed E-state index contributed by atoms with van der Waals surface area (Å²) in [5.74, 6) is 0.0636. The molecule has 0 aromatic carbocycles. The Morgan fingerprint density at radius 3 is 2.42 bits per heavy atom. The molecule has 0 atom stereocenters. The fourth-order valence-corrected chi connectivity index (χ4v) is 1.15. The van der Waals surface area contributed by atoms with Crippen molar-refractivity contribution in [2.45, 2.75) is 19.8 Å². The summed E-state index contributed by atoms with van der Waals surface area (Å²) in [5.41, 5.74) is 6.88. The average Bonchev–Trinajstić information content (AvgIpc) is 2.30. The lowest BCUT2D eigenvalue weighted by Gasteiger charge is -1.97. The summed E-state index contributed by atoms with van der Waals surface area (Å²) in [7, 11) is 1.83. The Balaban J connectivity index is 3.09. The van der Waals surface area contributed by atoms with Crippen molar-refractivity contribution >= 4 is 5.91 Å². The predicted octanol–water partition coefficient (Wildman–Crippen LogP) is 1.25. The summed E-state index contributed by atoms with van der Waals surface area (Å²) < 4.78 is 1.76. The van der Waals surface area contributed by atoms with Gasteiger partial charge in [-0.25, -0.2) is 0 Å². The first kappa shape index (κ1) is 8.84. The molecule has 0 bridgehead atoms. The normalized spacial score (nSPS) is 10.7. The van der Waals surface area contributed by atoms with Crippen molar-refractivity contribution in [2.75, 3.05) is 0 Å². The van der Waals surface area contributed by atoms with Crippen LogP contribution in [0.15, 0.2) is 12.3 Å². The lowest BCUT2D eigenvalue weighted by Crippen LogP contribution is -2.14. The Labute approximate surface area is 72.2 Å². The van der Waals surface area contributed by atoms with Gasteiger partial charge in [-0.05, 0) is 17.5 Å². The quantitative estimate of drug-likeness (QED) is 0.706. The zero-order valence-electron chi connectivity index (χ0n) is 7.66. The molecule has 1 aromatic heterocycles. The number of hydrogen-bond acceptors (Lipinski definition) is 1. The van der Waals surface area contributed by atoms with Gasteiger partial charge in [0.15, 0.2) is 0 Å². The van der Waals surface area contributed by atoms with Crippen molar-refractivity contribution in [3.63, 3.8) is 0 Å². The molecule has 2 N–H and O–H groups in total. The first-order chi connectivity index (χ1) is 5.52. The predicted molar refractivity (Wildman–Crippen MR) is 48.0 cm³/mol. The van der Waals surface area contributed by atoms with E-state index in [1.807, 2.05) is 19.3 Å². The Morgan fingerprint density at radius 2 is 2.17 bits per heavy atom. The molecule has 3 heteroatoms. The number of carbonyl (C=O) groups is 1. The third-order valence-corrected chi connectivity index (χ3v) is 1.95. The second-order valence-corrected chi connectivity index (χ2v) is 3.29. The molecular weight excluding hydrogens is 152 g/mol. The molecule has 1 amide bonds. The Hall–Kier alpha value is -1.25. The fraction of sp³-hybridized carbons (Fsp3) is 0.444. The van der Waals surface area contributed by atoms with Crippen molar-refractivity contribution < 1.29 is 4.79 Å². The van der Waals surface area contributed by atoms with Gasteiger partial charge in [0.25, 0.3) is 5.91 Å². The van der Waals surface area contributed by atoms with E-state index in [-0.39, 0.29) is 5.91 Å². The van der Waals surface area contributed by atoms with E-state index in [1.54, 1.807) is 4.57 Å². The van der Waals surface area contributed by atoms with E-state index in [9.17, 15) is 4.79 Å². The van der Waals surface area contributed by atoms with Gasteiger partial charge in [-0.2, -0.15) is 0 Å². The molecule has 0 spiro atoms. The van der Waals surface area contributed by atoms with E-state index in [0.717, 1.165) is 5.56 Å². The molecule has 66 valence electrons. The zero-order valence-corrected chi connectivity index (χ0v) is 7.66. The standard InChI is InChI=1S/C9H14N2O/c1-6(2)7-4-8(9(10)12)11(3)5-7/h4-6H,1-3H3,(H2,10,12). The summed E-state index contributed by atoms with van der Waals surface area (Å²) in [5, 5.41) is 0. The van der Waals surface area contributed by atoms with Crippen LogP contribution in [0.5, 0.6) is 0 Å². The molecule has 0 saturated heterocycles. The van der Waals surface area contributed by atoms with Crippen LogP contribution in [0, 0.1) is 0 Å². The van der Waals surface area contributed by atoms with Gasteiger partial charge < -0.3 is 10.3 Å². The van der Waals surface area contributed by atoms with Crippen LogP contribution < -0.4 is 5.73 Å². The van der Waals surface area contributed by atoms with Gasteiger partial charge in [-0.3, -0.25) is 4.79 Å². The van der Waals surface area contributed by atoms with Gasteiger partial charge in [0.05, 0.1) is 0 Å². The van der Waals surface area contributed by atoms with E-state index in [4.69, 9.17) is 5.73 Å². The highest BCUT2D eigenvalue weighted by Gasteiger charge is 2.09. The minimum absolute atomic E-state index is 0.371. The van der Waals surface area contributed by atoms with Gasteiger partial charge in [0, 0.05) is 13.2 Å². The molecule has 3 nitrogen and oxygen atoms in total. The zero-order chi connectivity index (χ0) is 9.30. The molecule has 0 radical (unpaired) electrons.